The number of nitrogens with one attached hydrogen (secondary N) is 1. The summed E-state index contributed by atoms with van der Waals surface area (Å²) >= 11 is 12.2. The molecule has 1 atom stereocenters. The lowest BCUT2D eigenvalue weighted by atomic mass is 9.92. The Morgan fingerprint density at radius 2 is 1.74 bits per heavy atom. The van der Waals surface area contributed by atoms with Crippen LogP contribution in [0.2, 0.25) is 5.02 Å². The van der Waals surface area contributed by atoms with E-state index in [-0.39, 0.29) is 6.04 Å². The molecule has 35 heavy (non-hydrogen) atoms. The second kappa shape index (κ2) is 11.2. The summed E-state index contributed by atoms with van der Waals surface area (Å²) in [4.78, 5) is 2.16. The van der Waals surface area contributed by atoms with Crippen molar-refractivity contribution < 1.29 is 14.2 Å². The number of para-hydroxylation sites is 1. The minimum atomic E-state index is -0.120. The van der Waals surface area contributed by atoms with Crippen LogP contribution in [0, 0.1) is 0 Å². The number of thiocarbonyl (C=S) groups is 1. The molecule has 0 aromatic heterocycles. The van der Waals surface area contributed by atoms with E-state index in [0.29, 0.717) is 28.4 Å². The minimum Gasteiger partial charge on any atom is -0.493 e. The molecule has 0 amide bonds. The largest absolute Gasteiger partial charge is 0.493 e. The van der Waals surface area contributed by atoms with Crippen LogP contribution in [0.4, 0.5) is 5.69 Å². The highest BCUT2D eigenvalue weighted by Gasteiger charge is 2.31. The third-order valence-corrected chi connectivity index (χ3v) is 7.00. The van der Waals surface area contributed by atoms with Crippen molar-refractivity contribution in [2.75, 3.05) is 32.7 Å². The predicted octanol–water partition coefficient (Wildman–Crippen LogP) is 6.86. The maximum absolute atomic E-state index is 6.38. The lowest BCUT2D eigenvalue weighted by molar-refractivity contribution is 0.190. The highest BCUT2D eigenvalue weighted by Crippen LogP contribution is 2.39. The number of hydrogen-bond acceptors (Lipinski definition) is 4. The van der Waals surface area contributed by atoms with Gasteiger partial charge in [0, 0.05) is 6.54 Å². The normalized spacial score (nSPS) is 14.9. The molecule has 0 spiro atoms. The first-order valence-corrected chi connectivity index (χ1v) is 12.5. The van der Waals surface area contributed by atoms with Crippen LogP contribution in [0.1, 0.15) is 42.5 Å². The average molecular weight is 511 g/mol. The first-order valence-electron chi connectivity index (χ1n) is 11.7. The Labute approximate surface area is 218 Å². The summed E-state index contributed by atoms with van der Waals surface area (Å²) in [7, 11) is 3.31. The van der Waals surface area contributed by atoms with Crippen molar-refractivity contribution >= 4 is 34.6 Å². The molecule has 3 aromatic carbocycles. The van der Waals surface area contributed by atoms with E-state index in [1.54, 1.807) is 14.2 Å². The summed E-state index contributed by atoms with van der Waals surface area (Å²) in [6.07, 6.45) is 0.819. The van der Waals surface area contributed by atoms with Crippen LogP contribution >= 0.6 is 23.8 Å². The van der Waals surface area contributed by atoms with Crippen LogP contribution < -0.4 is 19.5 Å². The molecule has 1 unspecified atom stereocenters. The molecule has 0 fully saturated rings. The molecular formula is C28H31ClN2O3S. The maximum atomic E-state index is 6.38. The number of anilines is 1. The van der Waals surface area contributed by atoms with Crippen molar-refractivity contribution in [2.24, 2.45) is 0 Å². The number of ether oxygens (including phenoxy) is 3. The summed E-state index contributed by atoms with van der Waals surface area (Å²) in [5.74, 6) is 2.71. The maximum Gasteiger partial charge on any atom is 0.174 e. The Morgan fingerprint density at radius 3 is 2.40 bits per heavy atom. The Kier molecular flexibility index (Phi) is 8.04. The van der Waals surface area contributed by atoms with Gasteiger partial charge in [-0.2, -0.15) is 0 Å². The Morgan fingerprint density at radius 1 is 1.06 bits per heavy atom. The van der Waals surface area contributed by atoms with E-state index in [1.165, 1.54) is 11.1 Å². The molecule has 0 radical (unpaired) electrons. The van der Waals surface area contributed by atoms with E-state index < -0.39 is 0 Å². The summed E-state index contributed by atoms with van der Waals surface area (Å²) < 4.78 is 17.4. The Bertz CT molecular complexity index is 1180. The lowest BCUT2D eigenvalue weighted by Gasteiger charge is -2.39. The van der Waals surface area contributed by atoms with E-state index in [2.05, 4.69) is 42.3 Å². The van der Waals surface area contributed by atoms with Crippen LogP contribution in [0.3, 0.4) is 0 Å². The van der Waals surface area contributed by atoms with Gasteiger partial charge >= 0.3 is 0 Å². The van der Waals surface area contributed by atoms with Gasteiger partial charge < -0.3 is 24.4 Å². The highest BCUT2D eigenvalue weighted by molar-refractivity contribution is 7.80. The topological polar surface area (TPSA) is 43.0 Å². The van der Waals surface area contributed by atoms with Crippen molar-refractivity contribution in [3.63, 3.8) is 0 Å². The lowest BCUT2D eigenvalue weighted by Crippen LogP contribution is -2.44. The SMILES string of the molecule is COc1cc2c(cc1OC)C(COc1ccc(C(C)C)cc1)N(C(=S)Nc1ccccc1Cl)CC2. The first kappa shape index (κ1) is 25.1. The molecule has 0 aliphatic carbocycles. The first-order chi connectivity index (χ1) is 16.9. The molecule has 1 aliphatic rings. The fourth-order valence-electron chi connectivity index (χ4n) is 4.32. The highest BCUT2D eigenvalue weighted by atomic mass is 35.5. The molecular weight excluding hydrogens is 480 g/mol. The smallest absolute Gasteiger partial charge is 0.174 e. The molecule has 5 nitrogen and oxygen atoms in total. The third-order valence-electron chi connectivity index (χ3n) is 6.33. The van der Waals surface area contributed by atoms with Crippen LogP contribution in [0.25, 0.3) is 0 Å². The van der Waals surface area contributed by atoms with Crippen LogP contribution in [-0.4, -0.2) is 37.4 Å². The van der Waals surface area contributed by atoms with Gasteiger partial charge in [-0.3, -0.25) is 0 Å². The van der Waals surface area contributed by atoms with E-state index in [1.807, 2.05) is 42.5 Å². The van der Waals surface area contributed by atoms with Crippen molar-refractivity contribution in [2.45, 2.75) is 32.2 Å². The van der Waals surface area contributed by atoms with Gasteiger partial charge in [-0.1, -0.05) is 49.7 Å². The molecule has 4 rings (SSSR count). The van der Waals surface area contributed by atoms with Gasteiger partial charge in [-0.25, -0.2) is 0 Å². The zero-order valence-electron chi connectivity index (χ0n) is 20.5. The van der Waals surface area contributed by atoms with Crippen LogP contribution in [0.5, 0.6) is 17.2 Å². The molecule has 1 aliphatic heterocycles. The van der Waals surface area contributed by atoms with Crippen molar-refractivity contribution in [3.05, 3.63) is 82.4 Å². The second-order valence-electron chi connectivity index (χ2n) is 8.81. The average Bonchev–Trinajstić information content (AvgIpc) is 2.87. The van der Waals surface area contributed by atoms with E-state index in [0.717, 1.165) is 35.7 Å². The molecule has 1 N–H and O–H groups in total. The third kappa shape index (κ3) is 5.65. The Hall–Kier alpha value is -2.96. The summed E-state index contributed by atoms with van der Waals surface area (Å²) in [6, 6.07) is 19.8. The standard InChI is InChI=1S/C28H31ClN2O3S/c1-18(2)19-9-11-21(12-10-19)34-17-25-22-16-27(33-4)26(32-3)15-20(22)13-14-31(25)28(35)30-24-8-6-5-7-23(24)29/h5-12,15-16,18,25H,13-14,17H2,1-4H3,(H,30,35). The van der Waals surface area contributed by atoms with Crippen LogP contribution in [0.15, 0.2) is 60.7 Å². The van der Waals surface area contributed by atoms with Gasteiger partial charge in [-0.05, 0) is 77.6 Å². The van der Waals surface area contributed by atoms with E-state index in [9.17, 15) is 0 Å². The molecule has 0 saturated heterocycles. The molecule has 1 heterocycles. The molecule has 7 heteroatoms. The summed E-state index contributed by atoms with van der Waals surface area (Å²) in [5.41, 5.74) is 4.37. The summed E-state index contributed by atoms with van der Waals surface area (Å²) in [5, 5.41) is 4.55. The molecule has 0 bridgehead atoms. The number of halogens is 1. The van der Waals surface area contributed by atoms with Gasteiger partial charge in [0.1, 0.15) is 12.4 Å². The fourth-order valence-corrected chi connectivity index (χ4v) is 4.84. The van der Waals surface area contributed by atoms with E-state index in [4.69, 9.17) is 38.0 Å². The minimum absolute atomic E-state index is 0.120. The van der Waals surface area contributed by atoms with Crippen molar-refractivity contribution in [1.29, 1.82) is 0 Å². The number of benzene rings is 3. The van der Waals surface area contributed by atoms with Crippen LogP contribution in [-0.2, 0) is 6.42 Å². The van der Waals surface area contributed by atoms with Crippen molar-refractivity contribution in [3.8, 4) is 17.2 Å². The summed E-state index contributed by atoms with van der Waals surface area (Å²) in [6.45, 7) is 5.52. The molecule has 184 valence electrons. The van der Waals surface area contributed by atoms with Gasteiger partial charge in [0.15, 0.2) is 16.6 Å². The second-order valence-corrected chi connectivity index (χ2v) is 9.60. The number of rotatable bonds is 7. The number of fused-ring (bicyclic) bond motifs is 1. The van der Waals surface area contributed by atoms with Gasteiger partial charge in [0.25, 0.3) is 0 Å². The van der Waals surface area contributed by atoms with Gasteiger partial charge in [0.05, 0.1) is 31.0 Å². The zero-order valence-corrected chi connectivity index (χ0v) is 22.1. The fraction of sp³-hybridized carbons (Fsp3) is 0.321. The zero-order chi connectivity index (χ0) is 24.9. The van der Waals surface area contributed by atoms with Gasteiger partial charge in [-0.15, -0.1) is 0 Å². The predicted molar refractivity (Wildman–Crippen MR) is 146 cm³/mol. The van der Waals surface area contributed by atoms with Crippen molar-refractivity contribution in [1.82, 2.24) is 4.90 Å². The molecule has 0 saturated carbocycles. The Balaban J connectivity index is 1.63. The van der Waals surface area contributed by atoms with Gasteiger partial charge in [0.2, 0.25) is 0 Å². The quantitative estimate of drug-likeness (QED) is 0.350. The number of nitrogens with zero attached hydrogens (tertiary/aromatic N) is 1. The number of hydrogen-bond donors (Lipinski definition) is 1. The molecule has 3 aromatic rings. The monoisotopic (exact) mass is 510 g/mol. The number of methoxy groups -OCH3 is 2. The van der Waals surface area contributed by atoms with E-state index >= 15 is 0 Å².